The monoisotopic (exact) mass is 162 g/mol. The van der Waals surface area contributed by atoms with Gasteiger partial charge in [-0.2, -0.15) is 0 Å². The van der Waals surface area contributed by atoms with Crippen LogP contribution in [0.3, 0.4) is 0 Å². The minimum absolute atomic E-state index is 0.205. The highest BCUT2D eigenvalue weighted by molar-refractivity contribution is 5.23. The molecule has 2 bridgehead atoms. The Morgan fingerprint density at radius 1 is 1.50 bits per heavy atom. The van der Waals surface area contributed by atoms with Gasteiger partial charge in [-0.05, 0) is 19.1 Å². The molecule has 0 aromatic carbocycles. The maximum Gasteiger partial charge on any atom is 0.118 e. The van der Waals surface area contributed by atoms with Gasteiger partial charge in [0.05, 0.1) is 5.76 Å². The second kappa shape index (κ2) is 2.51. The molecule has 1 heteroatoms. The van der Waals surface area contributed by atoms with Crippen LogP contribution < -0.4 is 0 Å². The summed E-state index contributed by atoms with van der Waals surface area (Å²) in [5.74, 6) is 1.05. The highest BCUT2D eigenvalue weighted by atomic mass is 16.5. The van der Waals surface area contributed by atoms with Crippen LogP contribution in [0, 0.1) is 5.41 Å². The molecular weight excluding hydrogens is 148 g/mol. The first-order valence-electron chi connectivity index (χ1n) is 4.40. The van der Waals surface area contributed by atoms with Crippen LogP contribution in [-0.2, 0) is 4.74 Å². The third-order valence-electron chi connectivity index (χ3n) is 2.43. The molecule has 12 heavy (non-hydrogen) atoms. The van der Waals surface area contributed by atoms with Crippen molar-refractivity contribution in [3.63, 3.8) is 0 Å². The second-order valence-corrected chi connectivity index (χ2v) is 3.87. The molecule has 0 radical (unpaired) electrons. The topological polar surface area (TPSA) is 9.23 Å². The molecule has 0 N–H and O–H groups in total. The minimum atomic E-state index is 0.205. The molecule has 2 atom stereocenters. The van der Waals surface area contributed by atoms with Gasteiger partial charge in [-0.3, -0.25) is 0 Å². The fourth-order valence-corrected chi connectivity index (χ4v) is 1.96. The Labute approximate surface area is 73.4 Å². The quantitative estimate of drug-likeness (QED) is 0.532. The third-order valence-corrected chi connectivity index (χ3v) is 2.43. The lowest BCUT2D eigenvalue weighted by Gasteiger charge is -2.31. The van der Waals surface area contributed by atoms with Crippen molar-refractivity contribution in [2.45, 2.75) is 26.4 Å². The number of fused-ring (bicyclic) bond motifs is 2. The first-order valence-corrected chi connectivity index (χ1v) is 4.40. The van der Waals surface area contributed by atoms with E-state index in [-0.39, 0.29) is 11.5 Å². The van der Waals surface area contributed by atoms with E-state index in [1.807, 2.05) is 6.92 Å². The number of hydrogen-bond acceptors (Lipinski definition) is 1. The molecule has 2 rings (SSSR count). The molecule has 0 aromatic rings. The van der Waals surface area contributed by atoms with Crippen molar-refractivity contribution in [1.82, 2.24) is 0 Å². The summed E-state index contributed by atoms with van der Waals surface area (Å²) in [6, 6.07) is 0. The van der Waals surface area contributed by atoms with Gasteiger partial charge < -0.3 is 4.74 Å². The highest BCUT2D eigenvalue weighted by Crippen LogP contribution is 2.36. The first-order chi connectivity index (χ1) is 5.68. The average Bonchev–Trinajstić information content (AvgIpc) is 2.07. The Balaban J connectivity index is 2.38. The van der Waals surface area contributed by atoms with Gasteiger partial charge in [-0.25, -0.2) is 0 Å². The lowest BCUT2D eigenvalue weighted by atomic mass is 9.83. The van der Waals surface area contributed by atoms with Gasteiger partial charge in [0, 0.05) is 11.8 Å². The lowest BCUT2D eigenvalue weighted by molar-refractivity contribution is 0.104. The van der Waals surface area contributed by atoms with Crippen LogP contribution in [0.4, 0.5) is 0 Å². The maximum atomic E-state index is 5.64. The molecule has 1 heterocycles. The normalized spacial score (nSPS) is 38.5. The van der Waals surface area contributed by atoms with Gasteiger partial charge in [-0.1, -0.05) is 25.2 Å². The fraction of sp³-hybridized carbons (Fsp3) is 0.455. The summed E-state index contributed by atoms with van der Waals surface area (Å²) in [6.07, 6.45) is 12.1. The van der Waals surface area contributed by atoms with E-state index in [9.17, 15) is 0 Å². The molecule has 1 aliphatic carbocycles. The van der Waals surface area contributed by atoms with Crippen molar-refractivity contribution in [2.75, 3.05) is 0 Å². The Morgan fingerprint density at radius 2 is 2.33 bits per heavy atom. The van der Waals surface area contributed by atoms with Crippen LogP contribution in [0.15, 0.2) is 36.1 Å². The van der Waals surface area contributed by atoms with Gasteiger partial charge >= 0.3 is 0 Å². The lowest BCUT2D eigenvalue weighted by Crippen LogP contribution is -2.25. The summed E-state index contributed by atoms with van der Waals surface area (Å²) in [5.41, 5.74) is 0.205. The zero-order valence-electron chi connectivity index (χ0n) is 7.58. The first kappa shape index (κ1) is 7.66. The molecule has 0 saturated heterocycles. The molecule has 1 aliphatic heterocycles. The molecule has 0 spiro atoms. The molecule has 0 aromatic heterocycles. The molecule has 1 nitrogen and oxygen atoms in total. The van der Waals surface area contributed by atoms with Crippen LogP contribution in [0.25, 0.3) is 0 Å². The summed E-state index contributed by atoms with van der Waals surface area (Å²) >= 11 is 0. The van der Waals surface area contributed by atoms with Crippen LogP contribution in [0.2, 0.25) is 0 Å². The van der Waals surface area contributed by atoms with E-state index in [0.717, 1.165) is 12.2 Å². The predicted octanol–water partition coefficient (Wildman–Crippen LogP) is 2.81. The summed E-state index contributed by atoms with van der Waals surface area (Å²) in [6.45, 7) is 4.27. The van der Waals surface area contributed by atoms with E-state index >= 15 is 0 Å². The molecule has 0 saturated carbocycles. The second-order valence-electron chi connectivity index (χ2n) is 3.87. The number of allylic oxidation sites excluding steroid dienone is 5. The van der Waals surface area contributed by atoms with Crippen molar-refractivity contribution in [3.05, 3.63) is 36.1 Å². The molecule has 0 amide bonds. The van der Waals surface area contributed by atoms with Crippen molar-refractivity contribution >= 4 is 0 Å². The number of ether oxygens (including phenoxy) is 1. The van der Waals surface area contributed by atoms with E-state index in [0.29, 0.717) is 0 Å². The minimum Gasteiger partial charge on any atom is -0.491 e. The van der Waals surface area contributed by atoms with Crippen molar-refractivity contribution < 1.29 is 4.74 Å². The maximum absolute atomic E-state index is 5.64. The Morgan fingerprint density at radius 3 is 3.17 bits per heavy atom. The Bertz CT molecular complexity index is 273. The van der Waals surface area contributed by atoms with Gasteiger partial charge in [0.25, 0.3) is 0 Å². The standard InChI is InChI=1S/C11H14O/c1-9-7-11(2)6-4-3-5-10(8-11)12-9/h3-7,10H,8H2,1-2H3. The number of rotatable bonds is 0. The van der Waals surface area contributed by atoms with Crippen LogP contribution in [0.1, 0.15) is 20.3 Å². The summed E-state index contributed by atoms with van der Waals surface area (Å²) in [7, 11) is 0. The number of hydrogen-bond donors (Lipinski definition) is 0. The van der Waals surface area contributed by atoms with Crippen molar-refractivity contribution in [2.24, 2.45) is 5.41 Å². The van der Waals surface area contributed by atoms with Crippen LogP contribution in [-0.4, -0.2) is 6.10 Å². The SMILES string of the molecule is CC1=CC2(C)C=CC=CC(C2)O1. The van der Waals surface area contributed by atoms with Crippen LogP contribution in [0.5, 0.6) is 0 Å². The average molecular weight is 162 g/mol. The van der Waals surface area contributed by atoms with E-state index in [4.69, 9.17) is 4.74 Å². The third kappa shape index (κ3) is 1.31. The van der Waals surface area contributed by atoms with Crippen molar-refractivity contribution in [3.8, 4) is 0 Å². The molecule has 0 fully saturated rings. The smallest absolute Gasteiger partial charge is 0.118 e. The van der Waals surface area contributed by atoms with Gasteiger partial charge in [0.15, 0.2) is 0 Å². The Hall–Kier alpha value is -0.980. The van der Waals surface area contributed by atoms with Gasteiger partial charge in [-0.15, -0.1) is 0 Å². The van der Waals surface area contributed by atoms with E-state index in [1.54, 1.807) is 0 Å². The zero-order valence-corrected chi connectivity index (χ0v) is 7.58. The zero-order chi connectivity index (χ0) is 8.60. The molecule has 2 aliphatic rings. The van der Waals surface area contributed by atoms with E-state index in [2.05, 4.69) is 37.3 Å². The van der Waals surface area contributed by atoms with Gasteiger partial charge in [0.2, 0.25) is 0 Å². The van der Waals surface area contributed by atoms with Crippen molar-refractivity contribution in [1.29, 1.82) is 0 Å². The van der Waals surface area contributed by atoms with E-state index in [1.165, 1.54) is 0 Å². The highest BCUT2D eigenvalue weighted by Gasteiger charge is 2.29. The predicted molar refractivity (Wildman–Crippen MR) is 49.6 cm³/mol. The summed E-state index contributed by atoms with van der Waals surface area (Å²) in [5, 5.41) is 0. The fourth-order valence-electron chi connectivity index (χ4n) is 1.96. The summed E-state index contributed by atoms with van der Waals surface area (Å²) in [4.78, 5) is 0. The molecule has 2 unspecified atom stereocenters. The molecule has 64 valence electrons. The van der Waals surface area contributed by atoms with E-state index < -0.39 is 0 Å². The largest absolute Gasteiger partial charge is 0.491 e. The van der Waals surface area contributed by atoms with Gasteiger partial charge in [0.1, 0.15) is 6.10 Å². The molecular formula is C11H14O. The Kier molecular flexibility index (Phi) is 1.60. The van der Waals surface area contributed by atoms with Crippen LogP contribution >= 0.6 is 0 Å². The summed E-state index contributed by atoms with van der Waals surface area (Å²) < 4.78 is 5.64.